The Balaban J connectivity index is 2.00. The van der Waals surface area contributed by atoms with Crippen molar-refractivity contribution >= 4 is 5.91 Å². The number of hydrogen-bond donors (Lipinski definition) is 0. The Labute approximate surface area is 122 Å². The molecule has 0 aliphatic carbocycles. The minimum Gasteiger partial charge on any atom is -0.376 e. The van der Waals surface area contributed by atoms with Gasteiger partial charge in [-0.1, -0.05) is 13.8 Å². The first-order chi connectivity index (χ1) is 9.60. The molecule has 0 aromatic rings. The second-order valence-electron chi connectivity index (χ2n) is 6.37. The van der Waals surface area contributed by atoms with Gasteiger partial charge in [-0.25, -0.2) is 0 Å². The van der Waals surface area contributed by atoms with Crippen LogP contribution in [-0.4, -0.2) is 41.9 Å². The van der Waals surface area contributed by atoms with Gasteiger partial charge in [0.1, 0.15) is 11.6 Å². The van der Waals surface area contributed by atoms with Crippen molar-refractivity contribution in [1.29, 1.82) is 5.26 Å². The van der Waals surface area contributed by atoms with Gasteiger partial charge < -0.3 is 9.80 Å². The summed E-state index contributed by atoms with van der Waals surface area (Å²) in [4.78, 5) is 16.4. The average molecular weight is 275 g/mol. The van der Waals surface area contributed by atoms with E-state index < -0.39 is 0 Å². The molecule has 2 fully saturated rings. The maximum absolute atomic E-state index is 12.4. The number of piperidine rings is 2. The van der Waals surface area contributed by atoms with E-state index in [-0.39, 0.29) is 5.91 Å². The topological polar surface area (TPSA) is 47.3 Å². The van der Waals surface area contributed by atoms with Gasteiger partial charge in [-0.3, -0.25) is 4.79 Å². The van der Waals surface area contributed by atoms with Gasteiger partial charge in [-0.15, -0.1) is 0 Å². The number of hydrogen-bond acceptors (Lipinski definition) is 3. The van der Waals surface area contributed by atoms with E-state index in [4.69, 9.17) is 0 Å². The lowest BCUT2D eigenvalue weighted by Gasteiger charge is -2.32. The zero-order valence-corrected chi connectivity index (χ0v) is 12.6. The lowest BCUT2D eigenvalue weighted by Crippen LogP contribution is -2.39. The third-order valence-corrected chi connectivity index (χ3v) is 4.42. The summed E-state index contributed by atoms with van der Waals surface area (Å²) in [6.07, 6.45) is 6.27. The van der Waals surface area contributed by atoms with E-state index in [1.165, 1.54) is 6.42 Å². The lowest BCUT2D eigenvalue weighted by atomic mass is 9.98. The van der Waals surface area contributed by atoms with Gasteiger partial charge >= 0.3 is 0 Å². The summed E-state index contributed by atoms with van der Waals surface area (Å²) in [6, 6.07) is 2.10. The van der Waals surface area contributed by atoms with E-state index in [0.29, 0.717) is 17.4 Å². The largest absolute Gasteiger partial charge is 0.376 e. The van der Waals surface area contributed by atoms with Crippen molar-refractivity contribution < 1.29 is 4.79 Å². The first-order valence-electron chi connectivity index (χ1n) is 7.75. The van der Waals surface area contributed by atoms with Crippen LogP contribution < -0.4 is 0 Å². The monoisotopic (exact) mass is 275 g/mol. The summed E-state index contributed by atoms with van der Waals surface area (Å²) < 4.78 is 0. The van der Waals surface area contributed by atoms with E-state index in [1.807, 2.05) is 4.90 Å². The van der Waals surface area contributed by atoms with Gasteiger partial charge in [0.15, 0.2) is 0 Å². The highest BCUT2D eigenvalue weighted by molar-refractivity contribution is 5.97. The average Bonchev–Trinajstić information content (AvgIpc) is 2.45. The molecule has 110 valence electrons. The summed E-state index contributed by atoms with van der Waals surface area (Å²) >= 11 is 0. The van der Waals surface area contributed by atoms with E-state index in [1.54, 1.807) is 6.20 Å². The van der Waals surface area contributed by atoms with E-state index in [9.17, 15) is 10.1 Å². The highest BCUT2D eigenvalue weighted by atomic mass is 16.2. The zero-order chi connectivity index (χ0) is 14.5. The molecule has 4 heteroatoms. The standard InChI is InChI=1S/C16H25N3O/c1-13-5-8-19(9-6-13)16(20)15(10-17)12-18-7-3-4-14(2)11-18/h12-14H,3-9,11H2,1-2H3/b15-12-. The number of rotatable bonds is 2. The van der Waals surface area contributed by atoms with Gasteiger partial charge in [-0.2, -0.15) is 5.26 Å². The Bertz CT molecular complexity index is 416. The van der Waals surface area contributed by atoms with Crippen LogP contribution in [-0.2, 0) is 4.79 Å². The van der Waals surface area contributed by atoms with E-state index in [0.717, 1.165) is 45.4 Å². The van der Waals surface area contributed by atoms with Gasteiger partial charge in [0.25, 0.3) is 5.91 Å². The molecule has 2 aliphatic rings. The molecule has 1 unspecified atom stereocenters. The predicted molar refractivity (Wildman–Crippen MR) is 78.6 cm³/mol. The normalized spacial score (nSPS) is 25.4. The maximum atomic E-state index is 12.4. The highest BCUT2D eigenvalue weighted by Crippen LogP contribution is 2.19. The van der Waals surface area contributed by atoms with Gasteiger partial charge in [-0.05, 0) is 37.5 Å². The zero-order valence-electron chi connectivity index (χ0n) is 12.6. The van der Waals surface area contributed by atoms with Gasteiger partial charge in [0.05, 0.1) is 0 Å². The molecule has 0 bridgehead atoms. The molecule has 2 rings (SSSR count). The maximum Gasteiger partial charge on any atom is 0.266 e. The summed E-state index contributed by atoms with van der Waals surface area (Å²) in [7, 11) is 0. The minimum absolute atomic E-state index is 0.0855. The Morgan fingerprint density at radius 3 is 2.45 bits per heavy atom. The van der Waals surface area contributed by atoms with Crippen LogP contribution in [0.1, 0.15) is 39.5 Å². The second kappa shape index (κ2) is 6.78. The van der Waals surface area contributed by atoms with Crippen molar-refractivity contribution in [2.24, 2.45) is 11.8 Å². The van der Waals surface area contributed by atoms with Crippen molar-refractivity contribution in [3.63, 3.8) is 0 Å². The fraction of sp³-hybridized carbons (Fsp3) is 0.750. The number of amides is 1. The number of carbonyl (C=O) groups is 1. The van der Waals surface area contributed by atoms with Crippen LogP contribution in [0.2, 0.25) is 0 Å². The van der Waals surface area contributed by atoms with Crippen molar-refractivity contribution in [2.45, 2.75) is 39.5 Å². The van der Waals surface area contributed by atoms with E-state index >= 15 is 0 Å². The number of likely N-dealkylation sites (tertiary alicyclic amines) is 2. The Morgan fingerprint density at radius 1 is 1.15 bits per heavy atom. The van der Waals surface area contributed by atoms with Crippen LogP contribution in [0.25, 0.3) is 0 Å². The number of nitrogens with zero attached hydrogens (tertiary/aromatic N) is 3. The second-order valence-corrected chi connectivity index (χ2v) is 6.37. The Morgan fingerprint density at radius 2 is 1.85 bits per heavy atom. The molecule has 0 aromatic carbocycles. The predicted octanol–water partition coefficient (Wildman–Crippen LogP) is 2.38. The molecule has 0 N–H and O–H groups in total. The molecule has 0 spiro atoms. The fourth-order valence-corrected chi connectivity index (χ4v) is 3.04. The van der Waals surface area contributed by atoms with Crippen molar-refractivity contribution in [2.75, 3.05) is 26.2 Å². The van der Waals surface area contributed by atoms with E-state index in [2.05, 4.69) is 24.8 Å². The highest BCUT2D eigenvalue weighted by Gasteiger charge is 2.24. The smallest absolute Gasteiger partial charge is 0.266 e. The number of nitriles is 1. The summed E-state index contributed by atoms with van der Waals surface area (Å²) in [6.45, 7) is 7.93. The van der Waals surface area contributed by atoms with Crippen LogP contribution in [0.3, 0.4) is 0 Å². The molecular formula is C16H25N3O. The molecule has 2 heterocycles. The summed E-state index contributed by atoms with van der Waals surface area (Å²) in [5.41, 5.74) is 0.300. The van der Waals surface area contributed by atoms with Crippen molar-refractivity contribution in [1.82, 2.24) is 9.80 Å². The first kappa shape index (κ1) is 14.9. The SMILES string of the molecule is CC1CCN(C(=O)/C(C#N)=C\N2CCCC(C)C2)CC1. The summed E-state index contributed by atoms with van der Waals surface area (Å²) in [5, 5.41) is 9.28. The molecule has 1 atom stereocenters. The van der Waals surface area contributed by atoms with Crippen molar-refractivity contribution in [3.05, 3.63) is 11.8 Å². The number of carbonyl (C=O) groups excluding carboxylic acids is 1. The molecule has 0 saturated carbocycles. The molecule has 4 nitrogen and oxygen atoms in total. The first-order valence-corrected chi connectivity index (χ1v) is 7.75. The van der Waals surface area contributed by atoms with Gasteiger partial charge in [0, 0.05) is 32.4 Å². The van der Waals surface area contributed by atoms with Crippen LogP contribution in [0.15, 0.2) is 11.8 Å². The van der Waals surface area contributed by atoms with Crippen LogP contribution in [0, 0.1) is 23.2 Å². The van der Waals surface area contributed by atoms with Crippen LogP contribution >= 0.6 is 0 Å². The van der Waals surface area contributed by atoms with Crippen molar-refractivity contribution in [3.8, 4) is 6.07 Å². The fourth-order valence-electron chi connectivity index (χ4n) is 3.04. The lowest BCUT2D eigenvalue weighted by molar-refractivity contribution is -0.128. The molecular weight excluding hydrogens is 250 g/mol. The van der Waals surface area contributed by atoms with Gasteiger partial charge in [0.2, 0.25) is 0 Å². The quantitative estimate of drug-likeness (QED) is 0.574. The summed E-state index contributed by atoms with van der Waals surface area (Å²) in [5.74, 6) is 1.25. The van der Waals surface area contributed by atoms with Crippen LogP contribution in [0.4, 0.5) is 0 Å². The third kappa shape index (κ3) is 3.75. The van der Waals surface area contributed by atoms with Crippen LogP contribution in [0.5, 0.6) is 0 Å². The minimum atomic E-state index is -0.0855. The molecule has 20 heavy (non-hydrogen) atoms. The molecule has 1 amide bonds. The molecule has 2 saturated heterocycles. The molecule has 0 aromatic heterocycles. The molecule has 2 aliphatic heterocycles. The molecule has 0 radical (unpaired) electrons. The third-order valence-electron chi connectivity index (χ3n) is 4.42. The Kier molecular flexibility index (Phi) is 5.05. The Hall–Kier alpha value is -1.50.